The van der Waals surface area contributed by atoms with Gasteiger partial charge in [-0.05, 0) is 31.2 Å². The van der Waals surface area contributed by atoms with Gasteiger partial charge in [0, 0.05) is 35.2 Å². The molecule has 0 radical (unpaired) electrons. The summed E-state index contributed by atoms with van der Waals surface area (Å²) in [5.74, 6) is 0.116. The molecule has 114 valence electrons. The first-order valence-corrected chi connectivity index (χ1v) is 8.74. The normalized spacial score (nSPS) is 12.3. The summed E-state index contributed by atoms with van der Waals surface area (Å²) in [5.41, 5.74) is 2.82. The molecule has 0 aliphatic rings. The number of hydrogen-bond acceptors (Lipinski definition) is 5. The molecule has 0 aliphatic heterocycles. The van der Waals surface area contributed by atoms with Gasteiger partial charge in [0.1, 0.15) is 0 Å². The third-order valence-electron chi connectivity index (χ3n) is 3.34. The van der Waals surface area contributed by atoms with Gasteiger partial charge in [0.15, 0.2) is 0 Å². The highest BCUT2D eigenvalue weighted by Crippen LogP contribution is 2.15. The highest BCUT2D eigenvalue weighted by Gasteiger charge is 2.12. The zero-order valence-corrected chi connectivity index (χ0v) is 13.7. The molecule has 6 heteroatoms. The van der Waals surface area contributed by atoms with Crippen LogP contribution >= 0.6 is 22.7 Å². The molecule has 2 aromatic rings. The van der Waals surface area contributed by atoms with Crippen LogP contribution in [-0.4, -0.2) is 29.1 Å². The number of carbonyl (C=O) groups is 1. The standard InChI is InChI=1S/C15H20N2O2S2/c1-11-14(21-10-17-11)4-5-15(19)16-8-12(9-18)7-13-3-2-6-20-13/h2-3,6,10,12,18H,4-5,7-9H2,1H3,(H,16,19). The van der Waals surface area contributed by atoms with Crippen LogP contribution in [0.15, 0.2) is 23.0 Å². The summed E-state index contributed by atoms with van der Waals surface area (Å²) in [7, 11) is 0. The van der Waals surface area contributed by atoms with Crippen molar-refractivity contribution in [1.29, 1.82) is 0 Å². The summed E-state index contributed by atoms with van der Waals surface area (Å²) >= 11 is 3.28. The van der Waals surface area contributed by atoms with Crippen molar-refractivity contribution in [3.63, 3.8) is 0 Å². The molecule has 1 unspecified atom stereocenters. The number of thiophene rings is 1. The van der Waals surface area contributed by atoms with Crippen molar-refractivity contribution in [1.82, 2.24) is 10.3 Å². The molecule has 4 nitrogen and oxygen atoms in total. The van der Waals surface area contributed by atoms with E-state index < -0.39 is 0 Å². The molecule has 0 aliphatic carbocycles. The molecule has 0 bridgehead atoms. The Labute approximate surface area is 132 Å². The molecule has 0 aromatic carbocycles. The van der Waals surface area contributed by atoms with Crippen molar-refractivity contribution in [3.8, 4) is 0 Å². The van der Waals surface area contributed by atoms with E-state index in [1.54, 1.807) is 22.7 Å². The summed E-state index contributed by atoms with van der Waals surface area (Å²) in [6.45, 7) is 2.58. The second kappa shape index (κ2) is 8.26. The molecule has 2 rings (SSSR count). The Bertz CT molecular complexity index is 552. The Kier molecular flexibility index (Phi) is 6.35. The summed E-state index contributed by atoms with van der Waals surface area (Å²) in [4.78, 5) is 18.5. The highest BCUT2D eigenvalue weighted by molar-refractivity contribution is 7.10. The fraction of sp³-hybridized carbons (Fsp3) is 0.467. The Balaban J connectivity index is 1.71. The van der Waals surface area contributed by atoms with Gasteiger partial charge in [-0.1, -0.05) is 6.07 Å². The van der Waals surface area contributed by atoms with E-state index in [1.807, 2.05) is 23.9 Å². The summed E-state index contributed by atoms with van der Waals surface area (Å²) in [6, 6.07) is 4.06. The summed E-state index contributed by atoms with van der Waals surface area (Å²) < 4.78 is 0. The molecule has 21 heavy (non-hydrogen) atoms. The first kappa shape index (κ1) is 16.1. The maximum Gasteiger partial charge on any atom is 0.220 e. The van der Waals surface area contributed by atoms with Gasteiger partial charge in [-0.3, -0.25) is 4.79 Å². The number of aryl methyl sites for hydroxylation is 2. The Morgan fingerprint density at radius 3 is 2.95 bits per heavy atom. The van der Waals surface area contributed by atoms with Gasteiger partial charge in [0.25, 0.3) is 0 Å². The maximum atomic E-state index is 11.9. The molecule has 0 saturated heterocycles. The average Bonchev–Trinajstić information content (AvgIpc) is 3.12. The van der Waals surface area contributed by atoms with E-state index in [9.17, 15) is 9.90 Å². The predicted molar refractivity (Wildman–Crippen MR) is 86.8 cm³/mol. The van der Waals surface area contributed by atoms with Crippen LogP contribution in [0, 0.1) is 12.8 Å². The Morgan fingerprint density at radius 2 is 2.33 bits per heavy atom. The van der Waals surface area contributed by atoms with Crippen LogP contribution in [0.1, 0.15) is 21.9 Å². The van der Waals surface area contributed by atoms with E-state index in [0.717, 1.165) is 18.5 Å². The lowest BCUT2D eigenvalue weighted by Crippen LogP contribution is -2.31. The fourth-order valence-electron chi connectivity index (χ4n) is 2.05. The predicted octanol–water partition coefficient (Wildman–Crippen LogP) is 2.41. The van der Waals surface area contributed by atoms with E-state index in [2.05, 4.69) is 16.4 Å². The van der Waals surface area contributed by atoms with Crippen molar-refractivity contribution in [2.45, 2.75) is 26.2 Å². The number of thiazole rings is 1. The van der Waals surface area contributed by atoms with Crippen LogP contribution in [0.2, 0.25) is 0 Å². The number of amides is 1. The van der Waals surface area contributed by atoms with Crippen molar-refractivity contribution >= 4 is 28.6 Å². The van der Waals surface area contributed by atoms with Crippen LogP contribution in [0.3, 0.4) is 0 Å². The van der Waals surface area contributed by atoms with Gasteiger partial charge in [-0.2, -0.15) is 0 Å². The van der Waals surface area contributed by atoms with Crippen LogP contribution < -0.4 is 5.32 Å². The minimum atomic E-state index is 0.0347. The average molecular weight is 324 g/mol. The van der Waals surface area contributed by atoms with E-state index in [4.69, 9.17) is 0 Å². The third-order valence-corrected chi connectivity index (χ3v) is 5.23. The van der Waals surface area contributed by atoms with Gasteiger partial charge in [-0.15, -0.1) is 22.7 Å². The van der Waals surface area contributed by atoms with Gasteiger partial charge in [-0.25, -0.2) is 4.98 Å². The number of rotatable bonds is 8. The van der Waals surface area contributed by atoms with Crippen LogP contribution in [-0.2, 0) is 17.6 Å². The second-order valence-electron chi connectivity index (χ2n) is 5.00. The van der Waals surface area contributed by atoms with Crippen LogP contribution in [0.25, 0.3) is 0 Å². The molecule has 1 amide bonds. The smallest absolute Gasteiger partial charge is 0.220 e. The van der Waals surface area contributed by atoms with Gasteiger partial charge < -0.3 is 10.4 Å². The number of hydrogen-bond donors (Lipinski definition) is 2. The first-order valence-electron chi connectivity index (χ1n) is 6.98. The molecule has 2 aromatic heterocycles. The minimum absolute atomic E-state index is 0.0347. The molecular formula is C15H20N2O2S2. The van der Waals surface area contributed by atoms with E-state index in [0.29, 0.717) is 13.0 Å². The summed E-state index contributed by atoms with van der Waals surface area (Å²) in [6.07, 6.45) is 2.01. The fourth-order valence-corrected chi connectivity index (χ4v) is 3.66. The van der Waals surface area contributed by atoms with E-state index in [1.165, 1.54) is 9.75 Å². The van der Waals surface area contributed by atoms with Gasteiger partial charge >= 0.3 is 0 Å². The highest BCUT2D eigenvalue weighted by atomic mass is 32.1. The zero-order valence-electron chi connectivity index (χ0n) is 12.0. The quantitative estimate of drug-likeness (QED) is 0.784. The first-order chi connectivity index (χ1) is 10.2. The molecule has 0 spiro atoms. The van der Waals surface area contributed by atoms with Crippen molar-refractivity contribution in [2.75, 3.05) is 13.2 Å². The van der Waals surface area contributed by atoms with Gasteiger partial charge in [0.05, 0.1) is 11.2 Å². The molecule has 1 atom stereocenters. The molecular weight excluding hydrogens is 304 g/mol. The van der Waals surface area contributed by atoms with Crippen molar-refractivity contribution < 1.29 is 9.90 Å². The number of aliphatic hydroxyl groups excluding tert-OH is 1. The van der Waals surface area contributed by atoms with Crippen LogP contribution in [0.5, 0.6) is 0 Å². The minimum Gasteiger partial charge on any atom is -0.396 e. The number of aromatic nitrogens is 1. The largest absolute Gasteiger partial charge is 0.396 e. The third kappa shape index (κ3) is 5.22. The van der Waals surface area contributed by atoms with Crippen molar-refractivity contribution in [2.24, 2.45) is 5.92 Å². The van der Waals surface area contributed by atoms with E-state index in [-0.39, 0.29) is 18.4 Å². The molecule has 0 saturated carbocycles. The number of nitrogens with zero attached hydrogens (tertiary/aromatic N) is 1. The molecule has 2 heterocycles. The zero-order chi connectivity index (χ0) is 15.1. The van der Waals surface area contributed by atoms with Crippen molar-refractivity contribution in [3.05, 3.63) is 38.5 Å². The lowest BCUT2D eigenvalue weighted by Gasteiger charge is -2.14. The van der Waals surface area contributed by atoms with Crippen LogP contribution in [0.4, 0.5) is 0 Å². The number of nitrogens with one attached hydrogen (secondary N) is 1. The lowest BCUT2D eigenvalue weighted by molar-refractivity contribution is -0.121. The summed E-state index contributed by atoms with van der Waals surface area (Å²) in [5, 5.41) is 14.3. The Hall–Kier alpha value is -1.24. The topological polar surface area (TPSA) is 62.2 Å². The monoisotopic (exact) mass is 324 g/mol. The number of carbonyl (C=O) groups excluding carboxylic acids is 1. The SMILES string of the molecule is Cc1ncsc1CCC(=O)NCC(CO)Cc1cccs1. The van der Waals surface area contributed by atoms with E-state index >= 15 is 0 Å². The second-order valence-corrected chi connectivity index (χ2v) is 6.97. The molecule has 2 N–H and O–H groups in total. The number of aliphatic hydroxyl groups is 1. The Morgan fingerprint density at radius 1 is 1.48 bits per heavy atom. The van der Waals surface area contributed by atoms with Gasteiger partial charge in [0.2, 0.25) is 5.91 Å². The lowest BCUT2D eigenvalue weighted by atomic mass is 10.1. The molecule has 0 fully saturated rings. The maximum absolute atomic E-state index is 11.9.